The van der Waals surface area contributed by atoms with E-state index in [4.69, 9.17) is 0 Å². The van der Waals surface area contributed by atoms with Crippen molar-refractivity contribution in [3.05, 3.63) is 10.6 Å². The second kappa shape index (κ2) is 6.44. The molecule has 0 spiro atoms. The van der Waals surface area contributed by atoms with Crippen LogP contribution >= 0.6 is 27.5 Å². The Hall–Kier alpha value is -0.490. The number of amides is 1. The van der Waals surface area contributed by atoms with Crippen LogP contribution in [0.15, 0.2) is 0 Å². The third kappa shape index (κ3) is 4.03. The molecule has 0 fully saturated rings. The SMILES string of the molecule is CC(C)c1nnsc1C(=O)NCC(Br)C(C)C. The molecule has 4 nitrogen and oxygen atoms in total. The van der Waals surface area contributed by atoms with Gasteiger partial charge in [-0.25, -0.2) is 0 Å². The first-order valence-electron chi connectivity index (χ1n) is 5.68. The van der Waals surface area contributed by atoms with Gasteiger partial charge in [-0.3, -0.25) is 4.79 Å². The average Bonchev–Trinajstić information content (AvgIpc) is 2.73. The van der Waals surface area contributed by atoms with Crippen molar-refractivity contribution in [3.63, 3.8) is 0 Å². The number of alkyl halides is 1. The molecule has 96 valence electrons. The molecular weight excluding hydrogens is 302 g/mol. The lowest BCUT2D eigenvalue weighted by molar-refractivity contribution is 0.0955. The Morgan fingerprint density at radius 3 is 2.59 bits per heavy atom. The first-order valence-corrected chi connectivity index (χ1v) is 7.36. The lowest BCUT2D eigenvalue weighted by atomic mass is 10.1. The minimum atomic E-state index is -0.0752. The molecule has 0 bridgehead atoms. The fourth-order valence-corrected chi connectivity index (χ4v) is 2.14. The quantitative estimate of drug-likeness (QED) is 0.849. The van der Waals surface area contributed by atoms with Crippen molar-refractivity contribution in [3.8, 4) is 0 Å². The van der Waals surface area contributed by atoms with Gasteiger partial charge >= 0.3 is 0 Å². The van der Waals surface area contributed by atoms with Gasteiger partial charge in [0.05, 0.1) is 5.69 Å². The van der Waals surface area contributed by atoms with Crippen LogP contribution < -0.4 is 5.32 Å². The Kier molecular flexibility index (Phi) is 5.52. The molecule has 1 rings (SSSR count). The molecule has 1 aromatic heterocycles. The molecule has 0 saturated heterocycles. The number of nitrogens with one attached hydrogen (secondary N) is 1. The molecule has 6 heteroatoms. The largest absolute Gasteiger partial charge is 0.350 e. The molecule has 1 unspecified atom stereocenters. The second-order valence-corrected chi connectivity index (χ2v) is 6.54. The van der Waals surface area contributed by atoms with Crippen LogP contribution in [0.4, 0.5) is 0 Å². The Bertz CT molecular complexity index is 379. The molecule has 0 aliphatic heterocycles. The van der Waals surface area contributed by atoms with Gasteiger partial charge in [-0.1, -0.05) is 48.1 Å². The maximum Gasteiger partial charge on any atom is 0.264 e. The van der Waals surface area contributed by atoms with Gasteiger partial charge in [0.25, 0.3) is 5.91 Å². The normalized spacial score (nSPS) is 13.1. The summed E-state index contributed by atoms with van der Waals surface area (Å²) >= 11 is 4.70. The highest BCUT2D eigenvalue weighted by molar-refractivity contribution is 9.09. The number of hydrogen-bond donors (Lipinski definition) is 1. The topological polar surface area (TPSA) is 54.9 Å². The summed E-state index contributed by atoms with van der Waals surface area (Å²) in [4.78, 5) is 12.9. The third-order valence-electron chi connectivity index (χ3n) is 2.45. The Morgan fingerprint density at radius 1 is 1.41 bits per heavy atom. The highest BCUT2D eigenvalue weighted by atomic mass is 79.9. The number of nitrogens with zero attached hydrogens (tertiary/aromatic N) is 2. The zero-order valence-electron chi connectivity index (χ0n) is 10.5. The molecule has 1 heterocycles. The number of rotatable bonds is 5. The van der Waals surface area contributed by atoms with Crippen molar-refractivity contribution in [2.75, 3.05) is 6.54 Å². The van der Waals surface area contributed by atoms with E-state index in [0.29, 0.717) is 17.3 Å². The Labute approximate surface area is 114 Å². The van der Waals surface area contributed by atoms with Gasteiger partial charge in [0.1, 0.15) is 4.88 Å². The van der Waals surface area contributed by atoms with Crippen LogP contribution in [0, 0.1) is 5.92 Å². The number of aromatic nitrogens is 2. The molecule has 17 heavy (non-hydrogen) atoms. The van der Waals surface area contributed by atoms with Crippen molar-refractivity contribution >= 4 is 33.4 Å². The van der Waals surface area contributed by atoms with Gasteiger partial charge in [0, 0.05) is 11.4 Å². The van der Waals surface area contributed by atoms with E-state index in [-0.39, 0.29) is 16.7 Å². The number of halogens is 1. The first kappa shape index (κ1) is 14.6. The van der Waals surface area contributed by atoms with Crippen molar-refractivity contribution in [2.45, 2.75) is 38.4 Å². The summed E-state index contributed by atoms with van der Waals surface area (Å²) in [6.07, 6.45) is 0. The fourth-order valence-electron chi connectivity index (χ4n) is 1.24. The van der Waals surface area contributed by atoms with Crippen LogP contribution in [0.25, 0.3) is 0 Å². The van der Waals surface area contributed by atoms with E-state index in [9.17, 15) is 4.79 Å². The summed E-state index contributed by atoms with van der Waals surface area (Å²) in [6, 6.07) is 0. The zero-order valence-corrected chi connectivity index (χ0v) is 12.9. The lowest BCUT2D eigenvalue weighted by Crippen LogP contribution is -2.31. The van der Waals surface area contributed by atoms with Gasteiger partial charge in [0.2, 0.25) is 0 Å². The highest BCUT2D eigenvalue weighted by Crippen LogP contribution is 2.19. The number of carbonyl (C=O) groups excluding carboxylic acids is 1. The van der Waals surface area contributed by atoms with E-state index in [1.807, 2.05) is 13.8 Å². The summed E-state index contributed by atoms with van der Waals surface area (Å²) in [5.74, 6) is 0.632. The molecule has 1 atom stereocenters. The van der Waals surface area contributed by atoms with E-state index in [0.717, 1.165) is 17.2 Å². The highest BCUT2D eigenvalue weighted by Gasteiger charge is 2.19. The van der Waals surface area contributed by atoms with Gasteiger partial charge in [-0.15, -0.1) is 5.10 Å². The van der Waals surface area contributed by atoms with Crippen molar-refractivity contribution in [1.82, 2.24) is 14.9 Å². The monoisotopic (exact) mass is 319 g/mol. The second-order valence-electron chi connectivity index (χ2n) is 4.61. The zero-order chi connectivity index (χ0) is 13.0. The molecular formula is C11H18BrN3OS. The smallest absolute Gasteiger partial charge is 0.264 e. The van der Waals surface area contributed by atoms with E-state index in [1.165, 1.54) is 0 Å². The molecule has 0 aromatic carbocycles. The van der Waals surface area contributed by atoms with Gasteiger partial charge < -0.3 is 5.32 Å². The predicted octanol–water partition coefficient (Wildman–Crippen LogP) is 2.81. The molecule has 1 aromatic rings. The number of hydrogen-bond acceptors (Lipinski definition) is 4. The molecule has 1 amide bonds. The summed E-state index contributed by atoms with van der Waals surface area (Å²) in [6.45, 7) is 8.86. The van der Waals surface area contributed by atoms with E-state index in [1.54, 1.807) is 0 Å². The van der Waals surface area contributed by atoms with Crippen LogP contribution in [0.2, 0.25) is 0 Å². The summed E-state index contributed by atoms with van der Waals surface area (Å²) < 4.78 is 3.85. The molecule has 1 N–H and O–H groups in total. The molecule has 0 aliphatic carbocycles. The van der Waals surface area contributed by atoms with E-state index >= 15 is 0 Å². The van der Waals surface area contributed by atoms with Crippen LogP contribution in [-0.4, -0.2) is 26.9 Å². The Morgan fingerprint density at radius 2 is 2.06 bits per heavy atom. The van der Waals surface area contributed by atoms with Gasteiger partial charge in [-0.05, 0) is 23.4 Å². The predicted molar refractivity (Wildman–Crippen MR) is 73.9 cm³/mol. The van der Waals surface area contributed by atoms with Crippen LogP contribution in [-0.2, 0) is 0 Å². The van der Waals surface area contributed by atoms with E-state index < -0.39 is 0 Å². The third-order valence-corrected chi connectivity index (χ3v) is 4.57. The van der Waals surface area contributed by atoms with Gasteiger partial charge in [0.15, 0.2) is 0 Å². The van der Waals surface area contributed by atoms with E-state index in [2.05, 4.69) is 44.7 Å². The van der Waals surface area contributed by atoms with Crippen LogP contribution in [0.1, 0.15) is 49.0 Å². The van der Waals surface area contributed by atoms with Crippen LogP contribution in [0.3, 0.4) is 0 Å². The lowest BCUT2D eigenvalue weighted by Gasteiger charge is -2.14. The molecule has 0 saturated carbocycles. The van der Waals surface area contributed by atoms with Crippen molar-refractivity contribution in [1.29, 1.82) is 0 Å². The maximum absolute atomic E-state index is 12.0. The molecule has 0 radical (unpaired) electrons. The minimum absolute atomic E-state index is 0.0752. The van der Waals surface area contributed by atoms with Gasteiger partial charge in [-0.2, -0.15) is 0 Å². The minimum Gasteiger partial charge on any atom is -0.350 e. The summed E-state index contributed by atoms with van der Waals surface area (Å²) in [7, 11) is 0. The van der Waals surface area contributed by atoms with Crippen molar-refractivity contribution in [2.24, 2.45) is 5.92 Å². The number of carbonyl (C=O) groups is 1. The summed E-state index contributed by atoms with van der Waals surface area (Å²) in [5.41, 5.74) is 0.781. The molecule has 0 aliphatic rings. The maximum atomic E-state index is 12.0. The van der Waals surface area contributed by atoms with Crippen LogP contribution in [0.5, 0.6) is 0 Å². The fraction of sp³-hybridized carbons (Fsp3) is 0.727. The summed E-state index contributed by atoms with van der Waals surface area (Å²) in [5, 5.41) is 6.90. The standard InChI is InChI=1S/C11H18BrN3OS/c1-6(2)8(12)5-13-11(16)10-9(7(3)4)14-15-17-10/h6-8H,5H2,1-4H3,(H,13,16). The average molecular weight is 320 g/mol. The Balaban J connectivity index is 2.61. The first-order chi connectivity index (χ1) is 7.93. The van der Waals surface area contributed by atoms with Crippen molar-refractivity contribution < 1.29 is 4.79 Å².